The van der Waals surface area contributed by atoms with Gasteiger partial charge in [-0.1, -0.05) is 24.3 Å². The van der Waals surface area contributed by atoms with Crippen LogP contribution in [0.3, 0.4) is 0 Å². The van der Waals surface area contributed by atoms with Crippen LogP contribution in [0.4, 0.5) is 10.1 Å². The summed E-state index contributed by atoms with van der Waals surface area (Å²) in [5, 5.41) is 0. The lowest BCUT2D eigenvalue weighted by Gasteiger charge is -2.32. The number of carbonyl (C=O) groups excluding carboxylic acids is 1. The molecule has 1 heterocycles. The van der Waals surface area contributed by atoms with E-state index in [1.54, 1.807) is 24.0 Å². The first-order valence-corrected chi connectivity index (χ1v) is 7.00. The molecule has 0 saturated heterocycles. The lowest BCUT2D eigenvalue weighted by atomic mass is 9.96. The molecule has 0 saturated carbocycles. The molecule has 2 N–H and O–H groups in total. The summed E-state index contributed by atoms with van der Waals surface area (Å²) in [6, 6.07) is 12.2. The molecule has 0 aliphatic carbocycles. The molecule has 1 unspecified atom stereocenters. The van der Waals surface area contributed by atoms with E-state index < -0.39 is 0 Å². The maximum atomic E-state index is 13.7. The Labute approximate surface area is 123 Å². The molecule has 0 bridgehead atoms. The van der Waals surface area contributed by atoms with Crippen molar-refractivity contribution in [3.05, 3.63) is 65.0 Å². The van der Waals surface area contributed by atoms with Gasteiger partial charge in [0, 0.05) is 23.8 Å². The van der Waals surface area contributed by atoms with Crippen molar-refractivity contribution in [1.29, 1.82) is 0 Å². The van der Waals surface area contributed by atoms with Crippen molar-refractivity contribution in [3.63, 3.8) is 0 Å². The number of anilines is 1. The predicted molar refractivity (Wildman–Crippen MR) is 80.8 cm³/mol. The van der Waals surface area contributed by atoms with E-state index in [0.29, 0.717) is 24.1 Å². The molecule has 0 fully saturated rings. The Morgan fingerprint density at radius 3 is 2.81 bits per heavy atom. The smallest absolute Gasteiger partial charge is 0.258 e. The zero-order chi connectivity index (χ0) is 15.0. The monoisotopic (exact) mass is 284 g/mol. The summed E-state index contributed by atoms with van der Waals surface area (Å²) in [4.78, 5) is 14.3. The fourth-order valence-electron chi connectivity index (χ4n) is 2.68. The molecule has 1 amide bonds. The lowest BCUT2D eigenvalue weighted by Crippen LogP contribution is -2.38. The molecular weight excluding hydrogens is 267 g/mol. The van der Waals surface area contributed by atoms with Gasteiger partial charge in [-0.25, -0.2) is 4.39 Å². The van der Waals surface area contributed by atoms with Gasteiger partial charge < -0.3 is 10.6 Å². The molecule has 3 nitrogen and oxygen atoms in total. The van der Waals surface area contributed by atoms with Crippen LogP contribution in [0.1, 0.15) is 33.9 Å². The van der Waals surface area contributed by atoms with Crippen LogP contribution in [0.5, 0.6) is 0 Å². The van der Waals surface area contributed by atoms with Crippen LogP contribution < -0.4 is 10.6 Å². The topological polar surface area (TPSA) is 46.3 Å². The summed E-state index contributed by atoms with van der Waals surface area (Å²) in [6.45, 7) is 2.23. The van der Waals surface area contributed by atoms with Crippen LogP contribution in [0, 0.1) is 12.7 Å². The van der Waals surface area contributed by atoms with Crippen LogP contribution in [0.25, 0.3) is 0 Å². The largest absolute Gasteiger partial charge is 0.324 e. The van der Waals surface area contributed by atoms with Gasteiger partial charge in [-0.3, -0.25) is 4.79 Å². The zero-order valence-corrected chi connectivity index (χ0v) is 11.8. The van der Waals surface area contributed by atoms with Crippen LogP contribution in [-0.2, 0) is 0 Å². The molecule has 3 rings (SSSR count). The van der Waals surface area contributed by atoms with Gasteiger partial charge in [-0.05, 0) is 42.7 Å². The van der Waals surface area contributed by atoms with Crippen molar-refractivity contribution >= 4 is 11.6 Å². The first kappa shape index (κ1) is 13.8. The maximum absolute atomic E-state index is 13.7. The van der Waals surface area contributed by atoms with Gasteiger partial charge in [0.15, 0.2) is 0 Å². The number of para-hydroxylation sites is 1. The normalized spacial score (nSPS) is 17.5. The van der Waals surface area contributed by atoms with E-state index in [-0.39, 0.29) is 17.8 Å². The number of hydrogen-bond donors (Lipinski definition) is 1. The number of hydrogen-bond acceptors (Lipinski definition) is 2. The van der Waals surface area contributed by atoms with E-state index in [1.807, 2.05) is 24.3 Å². The van der Waals surface area contributed by atoms with Gasteiger partial charge in [0.25, 0.3) is 5.91 Å². The summed E-state index contributed by atoms with van der Waals surface area (Å²) in [5.74, 6) is -0.545. The van der Waals surface area contributed by atoms with Crippen LogP contribution >= 0.6 is 0 Å². The van der Waals surface area contributed by atoms with Crippen LogP contribution in [0.15, 0.2) is 42.5 Å². The summed E-state index contributed by atoms with van der Waals surface area (Å²) < 4.78 is 13.7. The fraction of sp³-hybridized carbons (Fsp3) is 0.235. The molecule has 0 spiro atoms. The third-order valence-electron chi connectivity index (χ3n) is 3.95. The number of fused-ring (bicyclic) bond motifs is 1. The highest BCUT2D eigenvalue weighted by molar-refractivity contribution is 6.06. The second-order valence-corrected chi connectivity index (χ2v) is 5.37. The molecule has 108 valence electrons. The molecule has 1 aliphatic heterocycles. The van der Waals surface area contributed by atoms with E-state index in [9.17, 15) is 9.18 Å². The average Bonchev–Trinajstić information content (AvgIpc) is 2.50. The number of nitrogens with zero attached hydrogens (tertiary/aromatic N) is 1. The van der Waals surface area contributed by atoms with Crippen molar-refractivity contribution in [3.8, 4) is 0 Å². The summed E-state index contributed by atoms with van der Waals surface area (Å²) >= 11 is 0. The van der Waals surface area contributed by atoms with Gasteiger partial charge >= 0.3 is 0 Å². The standard InChI is InChI=1S/C17H17FN2O/c1-11-6-7-12(10-14(11)18)17(21)20-9-8-15(19)13-4-2-3-5-16(13)20/h2-7,10,15H,8-9,19H2,1H3. The highest BCUT2D eigenvalue weighted by Crippen LogP contribution is 2.33. The number of benzene rings is 2. The number of nitrogens with two attached hydrogens (primary N) is 1. The van der Waals surface area contributed by atoms with Crippen molar-refractivity contribution in [2.75, 3.05) is 11.4 Å². The first-order valence-electron chi connectivity index (χ1n) is 7.00. The zero-order valence-electron chi connectivity index (χ0n) is 11.8. The predicted octanol–water partition coefficient (Wildman–Crippen LogP) is 3.18. The quantitative estimate of drug-likeness (QED) is 0.874. The van der Waals surface area contributed by atoms with E-state index >= 15 is 0 Å². The number of aryl methyl sites for hydroxylation is 1. The third-order valence-corrected chi connectivity index (χ3v) is 3.95. The molecule has 0 radical (unpaired) electrons. The second kappa shape index (κ2) is 5.30. The lowest BCUT2D eigenvalue weighted by molar-refractivity contribution is 0.0984. The van der Waals surface area contributed by atoms with E-state index in [4.69, 9.17) is 5.73 Å². The molecule has 1 aliphatic rings. The summed E-state index contributed by atoms with van der Waals surface area (Å²) in [6.07, 6.45) is 0.705. The SMILES string of the molecule is Cc1ccc(C(=O)N2CCC(N)c3ccccc32)cc1F. The fourth-order valence-corrected chi connectivity index (χ4v) is 2.68. The van der Waals surface area contributed by atoms with E-state index in [1.165, 1.54) is 6.07 Å². The minimum Gasteiger partial charge on any atom is -0.324 e. The van der Waals surface area contributed by atoms with Gasteiger partial charge in [-0.15, -0.1) is 0 Å². The van der Waals surface area contributed by atoms with Gasteiger partial charge in [0.05, 0.1) is 0 Å². The molecule has 1 atom stereocenters. The molecule has 2 aromatic carbocycles. The highest BCUT2D eigenvalue weighted by atomic mass is 19.1. The van der Waals surface area contributed by atoms with Crippen molar-refractivity contribution < 1.29 is 9.18 Å². The maximum Gasteiger partial charge on any atom is 0.258 e. The molecule has 4 heteroatoms. The van der Waals surface area contributed by atoms with Crippen molar-refractivity contribution in [1.82, 2.24) is 0 Å². The average molecular weight is 284 g/mol. The summed E-state index contributed by atoms with van der Waals surface area (Å²) in [7, 11) is 0. The number of amides is 1. The molecule has 2 aromatic rings. The second-order valence-electron chi connectivity index (χ2n) is 5.37. The number of carbonyl (C=O) groups is 1. The van der Waals surface area contributed by atoms with Crippen LogP contribution in [0.2, 0.25) is 0 Å². The Bertz CT molecular complexity index is 699. The minimum absolute atomic E-state index is 0.0556. The highest BCUT2D eigenvalue weighted by Gasteiger charge is 2.27. The Kier molecular flexibility index (Phi) is 3.47. The number of rotatable bonds is 1. The Morgan fingerprint density at radius 1 is 1.29 bits per heavy atom. The Hall–Kier alpha value is -2.20. The first-order chi connectivity index (χ1) is 10.1. The Morgan fingerprint density at radius 2 is 2.05 bits per heavy atom. The van der Waals surface area contributed by atoms with Gasteiger partial charge in [0.1, 0.15) is 5.82 Å². The third kappa shape index (κ3) is 2.43. The van der Waals surface area contributed by atoms with Crippen LogP contribution in [-0.4, -0.2) is 12.5 Å². The molecular formula is C17H17FN2O. The number of halogens is 1. The van der Waals surface area contributed by atoms with E-state index in [0.717, 1.165) is 11.3 Å². The van der Waals surface area contributed by atoms with E-state index in [2.05, 4.69) is 0 Å². The molecule has 0 aromatic heterocycles. The van der Waals surface area contributed by atoms with Crippen molar-refractivity contribution in [2.24, 2.45) is 5.73 Å². The van der Waals surface area contributed by atoms with Gasteiger partial charge in [-0.2, -0.15) is 0 Å². The Balaban J connectivity index is 1.99. The van der Waals surface area contributed by atoms with Gasteiger partial charge in [0.2, 0.25) is 0 Å². The summed E-state index contributed by atoms with van der Waals surface area (Å²) in [5.41, 5.74) is 8.78. The van der Waals surface area contributed by atoms with Crippen molar-refractivity contribution in [2.45, 2.75) is 19.4 Å². The molecule has 21 heavy (non-hydrogen) atoms. The minimum atomic E-state index is -0.358.